The van der Waals surface area contributed by atoms with Gasteiger partial charge in [0.05, 0.1) is 5.57 Å². The molecule has 5 heteroatoms. The monoisotopic (exact) mass is 350 g/mol. The molecule has 1 aliphatic carbocycles. The van der Waals surface area contributed by atoms with Gasteiger partial charge in [-0.3, -0.25) is 9.59 Å². The molecule has 0 saturated heterocycles. The minimum atomic E-state index is -0.730. The van der Waals surface area contributed by atoms with Crippen LogP contribution in [0.4, 0.5) is 0 Å². The first-order chi connectivity index (χ1) is 9.68. The van der Waals surface area contributed by atoms with E-state index in [-0.39, 0.29) is 11.1 Å². The largest absolute Gasteiger partial charge is 0.504 e. The topological polar surface area (TPSA) is 74.6 Å². The maximum atomic E-state index is 12.3. The van der Waals surface area contributed by atoms with E-state index in [1.807, 2.05) is 13.0 Å². The van der Waals surface area contributed by atoms with Crippen molar-refractivity contribution in [1.29, 1.82) is 0 Å². The molecule has 1 aromatic rings. The molecule has 4 nitrogen and oxygen atoms in total. The van der Waals surface area contributed by atoms with Crippen LogP contribution < -0.4 is 0 Å². The summed E-state index contributed by atoms with van der Waals surface area (Å²) in [5, 5.41) is 19.9. The van der Waals surface area contributed by atoms with Crippen molar-refractivity contribution < 1.29 is 19.8 Å². The maximum Gasteiger partial charge on any atom is 0.232 e. The van der Waals surface area contributed by atoms with Crippen molar-refractivity contribution >= 4 is 33.1 Å². The molecule has 2 rings (SSSR count). The Hall–Kier alpha value is -1.88. The van der Waals surface area contributed by atoms with Crippen LogP contribution in [0.5, 0.6) is 0 Å². The van der Waals surface area contributed by atoms with Crippen LogP contribution in [0.3, 0.4) is 0 Å². The zero-order chi connectivity index (χ0) is 16.1. The fraction of sp³-hybridized carbons (Fsp3) is 0.250. The Morgan fingerprint density at radius 3 is 2.05 bits per heavy atom. The highest BCUT2D eigenvalue weighted by atomic mass is 79.9. The number of allylic oxidation sites excluding steroid dienone is 2. The van der Waals surface area contributed by atoms with E-state index in [1.165, 1.54) is 6.92 Å². The van der Waals surface area contributed by atoms with Crippen molar-refractivity contribution in [3.05, 3.63) is 49.9 Å². The number of hydrogen-bond donors (Lipinski definition) is 2. The van der Waals surface area contributed by atoms with Crippen LogP contribution in [0, 0.1) is 20.8 Å². The van der Waals surface area contributed by atoms with Gasteiger partial charge < -0.3 is 10.2 Å². The van der Waals surface area contributed by atoms with Gasteiger partial charge in [0.2, 0.25) is 11.6 Å². The number of carbonyl (C=O) groups is 2. The van der Waals surface area contributed by atoms with Crippen LogP contribution in [0.2, 0.25) is 0 Å². The zero-order valence-corrected chi connectivity index (χ0v) is 13.8. The molecule has 110 valence electrons. The van der Waals surface area contributed by atoms with E-state index < -0.39 is 23.1 Å². The van der Waals surface area contributed by atoms with Crippen molar-refractivity contribution in [3.8, 4) is 0 Å². The molecular weight excluding hydrogens is 336 g/mol. The third-order valence-electron chi connectivity index (χ3n) is 3.72. The molecular formula is C16H15BrO4. The smallest absolute Gasteiger partial charge is 0.232 e. The van der Waals surface area contributed by atoms with Gasteiger partial charge in [-0.15, -0.1) is 0 Å². The summed E-state index contributed by atoms with van der Waals surface area (Å²) < 4.78 is 0.800. The van der Waals surface area contributed by atoms with E-state index in [1.54, 1.807) is 13.8 Å². The van der Waals surface area contributed by atoms with Crippen molar-refractivity contribution in [1.82, 2.24) is 0 Å². The Morgan fingerprint density at radius 2 is 1.48 bits per heavy atom. The van der Waals surface area contributed by atoms with Crippen LogP contribution in [-0.4, -0.2) is 21.8 Å². The normalized spacial score (nSPS) is 16.0. The molecule has 0 spiro atoms. The fourth-order valence-corrected chi connectivity index (χ4v) is 2.89. The Kier molecular flexibility index (Phi) is 3.80. The molecule has 0 aliphatic heterocycles. The summed E-state index contributed by atoms with van der Waals surface area (Å²) in [7, 11) is 0. The Morgan fingerprint density at radius 1 is 0.905 bits per heavy atom. The lowest BCUT2D eigenvalue weighted by Crippen LogP contribution is -2.23. The van der Waals surface area contributed by atoms with Gasteiger partial charge >= 0.3 is 0 Å². The molecule has 1 aliphatic rings. The summed E-state index contributed by atoms with van der Waals surface area (Å²) in [4.78, 5) is 24.2. The predicted octanol–water partition coefficient (Wildman–Crippen LogP) is 3.63. The number of aryl methyl sites for hydroxylation is 2. The summed E-state index contributed by atoms with van der Waals surface area (Å²) in [5.74, 6) is -2.68. The number of aliphatic hydroxyl groups is 2. The van der Waals surface area contributed by atoms with Crippen LogP contribution in [0.15, 0.2) is 27.6 Å². The minimum Gasteiger partial charge on any atom is -0.504 e. The standard InChI is InChI=1S/C16H15BrO4/c1-6-5-7(2)12(17)8(3)10(6)11-15(20)13(18)9(4)14(19)16(11)21/h5,18,21H,1-4H3. The number of benzene rings is 1. The molecule has 0 unspecified atom stereocenters. The number of aliphatic hydroxyl groups excluding tert-OH is 2. The molecule has 0 amide bonds. The molecule has 0 atom stereocenters. The predicted molar refractivity (Wildman–Crippen MR) is 83.2 cm³/mol. The highest BCUT2D eigenvalue weighted by molar-refractivity contribution is 9.10. The van der Waals surface area contributed by atoms with E-state index in [4.69, 9.17) is 0 Å². The first-order valence-electron chi connectivity index (χ1n) is 6.37. The number of Topliss-reactive ketones (excluding diaryl/α,β-unsaturated/α-hetero) is 2. The average molecular weight is 351 g/mol. The van der Waals surface area contributed by atoms with Crippen LogP contribution in [0.25, 0.3) is 5.57 Å². The van der Waals surface area contributed by atoms with Crippen molar-refractivity contribution in [2.45, 2.75) is 27.7 Å². The summed E-state index contributed by atoms with van der Waals surface area (Å²) in [5.41, 5.74) is 2.68. The third kappa shape index (κ3) is 2.21. The zero-order valence-electron chi connectivity index (χ0n) is 12.2. The number of hydrogen-bond acceptors (Lipinski definition) is 4. The van der Waals surface area contributed by atoms with Gasteiger partial charge in [-0.25, -0.2) is 0 Å². The van der Waals surface area contributed by atoms with Gasteiger partial charge in [0.15, 0.2) is 11.5 Å². The van der Waals surface area contributed by atoms with E-state index >= 15 is 0 Å². The number of rotatable bonds is 1. The van der Waals surface area contributed by atoms with E-state index in [0.717, 1.165) is 21.2 Å². The van der Waals surface area contributed by atoms with Crippen LogP contribution >= 0.6 is 15.9 Å². The van der Waals surface area contributed by atoms with Gasteiger partial charge in [-0.05, 0) is 49.9 Å². The fourth-order valence-electron chi connectivity index (χ4n) is 2.57. The van der Waals surface area contributed by atoms with E-state index in [0.29, 0.717) is 5.56 Å². The van der Waals surface area contributed by atoms with Gasteiger partial charge in [-0.1, -0.05) is 22.0 Å². The highest BCUT2D eigenvalue weighted by Gasteiger charge is 2.35. The van der Waals surface area contributed by atoms with Gasteiger partial charge in [0.1, 0.15) is 0 Å². The molecule has 0 heterocycles. The highest BCUT2D eigenvalue weighted by Crippen LogP contribution is 2.36. The van der Waals surface area contributed by atoms with E-state index in [2.05, 4.69) is 15.9 Å². The quantitative estimate of drug-likeness (QED) is 0.758. The maximum absolute atomic E-state index is 12.3. The van der Waals surface area contributed by atoms with Crippen molar-refractivity contribution in [2.75, 3.05) is 0 Å². The molecule has 0 fully saturated rings. The first kappa shape index (κ1) is 15.5. The first-order valence-corrected chi connectivity index (χ1v) is 7.16. The molecule has 1 aromatic carbocycles. The van der Waals surface area contributed by atoms with Crippen molar-refractivity contribution in [2.24, 2.45) is 0 Å². The minimum absolute atomic E-state index is 0.136. The molecule has 21 heavy (non-hydrogen) atoms. The van der Waals surface area contributed by atoms with E-state index in [9.17, 15) is 19.8 Å². The molecule has 0 bridgehead atoms. The lowest BCUT2D eigenvalue weighted by molar-refractivity contribution is -0.118. The van der Waals surface area contributed by atoms with Gasteiger partial charge in [0, 0.05) is 10.0 Å². The van der Waals surface area contributed by atoms with Crippen LogP contribution in [0.1, 0.15) is 29.2 Å². The van der Waals surface area contributed by atoms with Gasteiger partial charge in [-0.2, -0.15) is 0 Å². The lowest BCUT2D eigenvalue weighted by atomic mass is 9.85. The average Bonchev–Trinajstić information content (AvgIpc) is 2.44. The van der Waals surface area contributed by atoms with Crippen molar-refractivity contribution in [3.63, 3.8) is 0 Å². The Labute approximate surface area is 130 Å². The Balaban J connectivity index is 2.82. The number of carbonyl (C=O) groups excluding carboxylic acids is 2. The molecule has 0 radical (unpaired) electrons. The molecule has 0 aromatic heterocycles. The second kappa shape index (κ2) is 5.15. The van der Waals surface area contributed by atoms with Gasteiger partial charge in [0.25, 0.3) is 0 Å². The van der Waals surface area contributed by atoms with Crippen LogP contribution in [-0.2, 0) is 9.59 Å². The second-order valence-corrected chi connectivity index (χ2v) is 5.97. The summed E-state index contributed by atoms with van der Waals surface area (Å²) in [6.07, 6.45) is 0. The second-order valence-electron chi connectivity index (χ2n) is 5.18. The number of ketones is 2. The summed E-state index contributed by atoms with van der Waals surface area (Å²) in [6.45, 7) is 6.81. The molecule has 0 saturated carbocycles. The summed E-state index contributed by atoms with van der Waals surface area (Å²) >= 11 is 3.44. The SMILES string of the molecule is CC1=C(O)C(=O)C(c2c(C)cc(C)c(Br)c2C)=C(O)C1=O. The Bertz CT molecular complexity index is 754. The summed E-state index contributed by atoms with van der Waals surface area (Å²) in [6, 6.07) is 1.85. The lowest BCUT2D eigenvalue weighted by Gasteiger charge is -2.20. The third-order valence-corrected chi connectivity index (χ3v) is 4.94. The molecule has 2 N–H and O–H groups in total. The number of halogens is 1.